The van der Waals surface area contributed by atoms with Gasteiger partial charge in [-0.25, -0.2) is 4.79 Å². The van der Waals surface area contributed by atoms with E-state index < -0.39 is 6.10 Å². The number of hydrogen-bond donors (Lipinski definition) is 3. The van der Waals surface area contributed by atoms with E-state index in [0.29, 0.717) is 18.3 Å². The van der Waals surface area contributed by atoms with Crippen molar-refractivity contribution in [1.82, 2.24) is 15.1 Å². The van der Waals surface area contributed by atoms with Gasteiger partial charge in [0.25, 0.3) is 0 Å². The maximum Gasteiger partial charge on any atom is 0.319 e. The summed E-state index contributed by atoms with van der Waals surface area (Å²) in [6.07, 6.45) is 2.65. The summed E-state index contributed by atoms with van der Waals surface area (Å²) in [6.45, 7) is 11.5. The molecule has 1 heterocycles. The van der Waals surface area contributed by atoms with Crippen LogP contribution in [0, 0.1) is 11.8 Å². The second-order valence-corrected chi connectivity index (χ2v) is 6.55. The van der Waals surface area contributed by atoms with E-state index in [1.165, 1.54) is 0 Å². The molecule has 0 bridgehead atoms. The van der Waals surface area contributed by atoms with E-state index in [4.69, 9.17) is 0 Å². The molecule has 0 aliphatic heterocycles. The highest BCUT2D eigenvalue weighted by Gasteiger charge is 2.14. The molecule has 22 heavy (non-hydrogen) atoms. The summed E-state index contributed by atoms with van der Waals surface area (Å²) in [5.41, 5.74) is 1.76. The minimum absolute atomic E-state index is 0.256. The van der Waals surface area contributed by atoms with Gasteiger partial charge in [-0.3, -0.25) is 4.68 Å². The topological polar surface area (TPSA) is 79.2 Å². The second kappa shape index (κ2) is 8.78. The quantitative estimate of drug-likeness (QED) is 0.690. The number of carbonyl (C=O) groups is 1. The minimum atomic E-state index is -0.514. The van der Waals surface area contributed by atoms with Gasteiger partial charge in [0.05, 0.1) is 23.7 Å². The van der Waals surface area contributed by atoms with E-state index in [9.17, 15) is 9.90 Å². The van der Waals surface area contributed by atoms with Crippen molar-refractivity contribution in [2.75, 3.05) is 11.9 Å². The van der Waals surface area contributed by atoms with Gasteiger partial charge in [0.1, 0.15) is 0 Å². The van der Waals surface area contributed by atoms with Crippen LogP contribution in [0.5, 0.6) is 0 Å². The zero-order valence-corrected chi connectivity index (χ0v) is 14.4. The lowest BCUT2D eigenvalue weighted by Gasteiger charge is -2.14. The van der Waals surface area contributed by atoms with Crippen LogP contribution in [0.4, 0.5) is 10.5 Å². The molecule has 6 nitrogen and oxygen atoms in total. The number of carbonyl (C=O) groups excluding carboxylic acids is 1. The van der Waals surface area contributed by atoms with Crippen LogP contribution < -0.4 is 10.6 Å². The number of aliphatic hydroxyl groups excluding tert-OH is 1. The first-order chi connectivity index (χ1) is 10.3. The van der Waals surface area contributed by atoms with Crippen molar-refractivity contribution in [1.29, 1.82) is 0 Å². The molecular weight excluding hydrogens is 280 g/mol. The molecule has 0 aliphatic carbocycles. The second-order valence-electron chi connectivity index (χ2n) is 6.55. The van der Waals surface area contributed by atoms with Gasteiger partial charge < -0.3 is 15.7 Å². The third kappa shape index (κ3) is 6.05. The molecule has 0 saturated heterocycles. The number of nitrogens with zero attached hydrogens (tertiary/aromatic N) is 2. The van der Waals surface area contributed by atoms with Gasteiger partial charge in [-0.1, -0.05) is 34.6 Å². The fourth-order valence-electron chi connectivity index (χ4n) is 2.40. The van der Waals surface area contributed by atoms with E-state index in [2.05, 4.69) is 29.6 Å². The summed E-state index contributed by atoms with van der Waals surface area (Å²) in [4.78, 5) is 11.9. The Hall–Kier alpha value is -1.56. The summed E-state index contributed by atoms with van der Waals surface area (Å²) >= 11 is 0. The number of anilines is 1. The van der Waals surface area contributed by atoms with Crippen LogP contribution in [0.25, 0.3) is 0 Å². The van der Waals surface area contributed by atoms with Gasteiger partial charge >= 0.3 is 6.03 Å². The molecule has 0 radical (unpaired) electrons. The molecule has 1 aromatic heterocycles. The standard InChI is InChI=1S/C16H30N4O2/c1-6-15-14(9-18-20(15)10-12(4)5)19-16(22)17-8-13(21)7-11(2)3/h9,11-13,21H,6-8,10H2,1-5H3,(H2,17,19,22). The number of aliphatic hydroxyl groups is 1. The summed E-state index contributed by atoms with van der Waals surface area (Å²) in [6, 6.07) is -0.304. The first kappa shape index (κ1) is 18.5. The molecule has 6 heteroatoms. The summed E-state index contributed by atoms with van der Waals surface area (Å²) < 4.78 is 1.94. The van der Waals surface area contributed by atoms with Crippen molar-refractivity contribution >= 4 is 11.7 Å². The molecule has 3 N–H and O–H groups in total. The van der Waals surface area contributed by atoms with Crippen molar-refractivity contribution in [3.63, 3.8) is 0 Å². The smallest absolute Gasteiger partial charge is 0.319 e. The highest BCUT2D eigenvalue weighted by atomic mass is 16.3. The van der Waals surface area contributed by atoms with E-state index in [0.717, 1.165) is 24.3 Å². The van der Waals surface area contributed by atoms with Gasteiger partial charge in [0.15, 0.2) is 0 Å². The van der Waals surface area contributed by atoms with E-state index in [-0.39, 0.29) is 12.6 Å². The van der Waals surface area contributed by atoms with Gasteiger partial charge in [-0.2, -0.15) is 5.10 Å². The Bertz CT molecular complexity index is 469. The molecule has 2 amide bonds. The Morgan fingerprint density at radius 1 is 1.32 bits per heavy atom. The fourth-order valence-corrected chi connectivity index (χ4v) is 2.40. The Morgan fingerprint density at radius 3 is 2.55 bits per heavy atom. The highest BCUT2D eigenvalue weighted by molar-refractivity contribution is 5.89. The Balaban J connectivity index is 2.55. The van der Waals surface area contributed by atoms with E-state index in [1.807, 2.05) is 25.5 Å². The molecule has 1 unspecified atom stereocenters. The molecule has 1 aromatic rings. The van der Waals surface area contributed by atoms with Crippen molar-refractivity contribution in [2.45, 2.75) is 60.1 Å². The highest BCUT2D eigenvalue weighted by Crippen LogP contribution is 2.17. The first-order valence-corrected chi connectivity index (χ1v) is 8.11. The largest absolute Gasteiger partial charge is 0.391 e. The maximum absolute atomic E-state index is 11.9. The lowest BCUT2D eigenvalue weighted by molar-refractivity contribution is 0.148. The van der Waals surface area contributed by atoms with Crippen LogP contribution in [0.3, 0.4) is 0 Å². The van der Waals surface area contributed by atoms with Crippen molar-refractivity contribution in [3.8, 4) is 0 Å². The molecule has 1 rings (SSSR count). The lowest BCUT2D eigenvalue weighted by Crippen LogP contribution is -2.35. The van der Waals surface area contributed by atoms with Crippen LogP contribution in [0.1, 0.15) is 46.7 Å². The third-order valence-electron chi connectivity index (χ3n) is 3.31. The van der Waals surface area contributed by atoms with Gasteiger partial charge in [-0.15, -0.1) is 0 Å². The summed E-state index contributed by atoms with van der Waals surface area (Å²) in [7, 11) is 0. The normalized spacial score (nSPS) is 12.7. The molecule has 0 spiro atoms. The number of urea groups is 1. The zero-order chi connectivity index (χ0) is 16.7. The van der Waals surface area contributed by atoms with Gasteiger partial charge in [0.2, 0.25) is 0 Å². The average molecular weight is 310 g/mol. The predicted molar refractivity (Wildman–Crippen MR) is 88.9 cm³/mol. The van der Waals surface area contributed by atoms with Gasteiger partial charge in [-0.05, 0) is 24.7 Å². The number of rotatable bonds is 8. The molecule has 126 valence electrons. The number of hydrogen-bond acceptors (Lipinski definition) is 3. The average Bonchev–Trinajstić information content (AvgIpc) is 2.76. The Kier molecular flexibility index (Phi) is 7.38. The maximum atomic E-state index is 11.9. The van der Waals surface area contributed by atoms with E-state index in [1.54, 1.807) is 6.20 Å². The SMILES string of the molecule is CCc1c(NC(=O)NCC(O)CC(C)C)cnn1CC(C)C. The van der Waals surface area contributed by atoms with Crippen molar-refractivity contribution in [3.05, 3.63) is 11.9 Å². The van der Waals surface area contributed by atoms with Crippen LogP contribution in [-0.2, 0) is 13.0 Å². The van der Waals surface area contributed by atoms with Crippen LogP contribution in [0.15, 0.2) is 6.20 Å². The summed E-state index contributed by atoms with van der Waals surface area (Å²) in [5, 5.41) is 19.6. The van der Waals surface area contributed by atoms with Crippen molar-refractivity contribution < 1.29 is 9.90 Å². The number of nitrogens with one attached hydrogen (secondary N) is 2. The Labute approximate surface area is 133 Å². The monoisotopic (exact) mass is 310 g/mol. The van der Waals surface area contributed by atoms with Crippen LogP contribution in [-0.4, -0.2) is 33.6 Å². The first-order valence-electron chi connectivity index (χ1n) is 8.11. The van der Waals surface area contributed by atoms with Crippen LogP contribution in [0.2, 0.25) is 0 Å². The molecule has 0 fully saturated rings. The molecule has 0 aromatic carbocycles. The molecular formula is C16H30N4O2. The molecule has 0 aliphatic rings. The number of aromatic nitrogens is 2. The molecule has 1 atom stereocenters. The van der Waals surface area contributed by atoms with Gasteiger partial charge in [0, 0.05) is 13.1 Å². The lowest BCUT2D eigenvalue weighted by atomic mass is 10.1. The zero-order valence-electron chi connectivity index (χ0n) is 14.4. The minimum Gasteiger partial charge on any atom is -0.391 e. The Morgan fingerprint density at radius 2 is 2.00 bits per heavy atom. The van der Waals surface area contributed by atoms with Crippen molar-refractivity contribution in [2.24, 2.45) is 11.8 Å². The fraction of sp³-hybridized carbons (Fsp3) is 0.750. The number of amides is 2. The third-order valence-corrected chi connectivity index (χ3v) is 3.31. The molecule has 0 saturated carbocycles. The van der Waals surface area contributed by atoms with E-state index >= 15 is 0 Å². The summed E-state index contributed by atoms with van der Waals surface area (Å²) in [5.74, 6) is 0.902. The predicted octanol–water partition coefficient (Wildman–Crippen LogP) is 2.63. The van der Waals surface area contributed by atoms with Crippen LogP contribution >= 0.6 is 0 Å².